The molecule has 1 aromatic heterocycles. The Morgan fingerprint density at radius 3 is 2.82 bits per heavy atom. The monoisotopic (exact) mass is 303 g/mol. The van der Waals surface area contributed by atoms with E-state index in [1.807, 2.05) is 4.90 Å². The summed E-state index contributed by atoms with van der Waals surface area (Å²) in [5.74, 6) is 0.108. The van der Waals surface area contributed by atoms with Gasteiger partial charge in [0.05, 0.1) is 5.60 Å². The van der Waals surface area contributed by atoms with Crippen molar-refractivity contribution in [3.05, 3.63) is 30.1 Å². The molecule has 1 atom stereocenters. The van der Waals surface area contributed by atoms with Crippen molar-refractivity contribution in [3.8, 4) is 0 Å². The van der Waals surface area contributed by atoms with Gasteiger partial charge in [-0.1, -0.05) is 6.92 Å². The highest BCUT2D eigenvalue weighted by Gasteiger charge is 2.41. The molecule has 0 radical (unpaired) electrons. The van der Waals surface area contributed by atoms with E-state index in [0.29, 0.717) is 6.04 Å². The third-order valence-electron chi connectivity index (χ3n) is 4.87. The number of hydrogen-bond acceptors (Lipinski definition) is 4. The number of amides is 1. The van der Waals surface area contributed by atoms with Crippen molar-refractivity contribution in [2.45, 2.75) is 44.2 Å². The van der Waals surface area contributed by atoms with E-state index < -0.39 is 0 Å². The van der Waals surface area contributed by atoms with Crippen molar-refractivity contribution in [2.75, 3.05) is 26.2 Å². The first-order valence-electron chi connectivity index (χ1n) is 8.29. The minimum atomic E-state index is -0.0277. The molecule has 2 fully saturated rings. The van der Waals surface area contributed by atoms with Crippen LogP contribution < -0.4 is 5.32 Å². The van der Waals surface area contributed by atoms with E-state index in [2.05, 4.69) is 17.2 Å². The van der Waals surface area contributed by atoms with Gasteiger partial charge in [0.25, 0.3) is 5.91 Å². The van der Waals surface area contributed by atoms with Gasteiger partial charge < -0.3 is 15.0 Å². The lowest BCUT2D eigenvalue weighted by Crippen LogP contribution is -2.53. The Balaban J connectivity index is 1.59. The minimum Gasteiger partial charge on any atom is -0.375 e. The molecule has 2 saturated heterocycles. The van der Waals surface area contributed by atoms with Crippen molar-refractivity contribution >= 4 is 5.91 Å². The normalized spacial score (nSPS) is 24.4. The lowest BCUT2D eigenvalue weighted by Gasteiger charge is -2.46. The summed E-state index contributed by atoms with van der Waals surface area (Å²) in [6.07, 6.45) is 7.37. The van der Waals surface area contributed by atoms with Crippen LogP contribution in [0.15, 0.2) is 24.5 Å². The molecule has 2 aliphatic heterocycles. The van der Waals surface area contributed by atoms with Crippen LogP contribution in [0.2, 0.25) is 0 Å². The minimum absolute atomic E-state index is 0.0277. The molecule has 0 unspecified atom stereocenters. The van der Waals surface area contributed by atoms with E-state index in [4.69, 9.17) is 4.74 Å². The van der Waals surface area contributed by atoms with Gasteiger partial charge in [0.2, 0.25) is 0 Å². The van der Waals surface area contributed by atoms with Crippen molar-refractivity contribution in [1.29, 1.82) is 0 Å². The maximum absolute atomic E-state index is 12.5. The first-order valence-corrected chi connectivity index (χ1v) is 8.29. The van der Waals surface area contributed by atoms with E-state index in [0.717, 1.165) is 57.5 Å². The Kier molecular flexibility index (Phi) is 4.74. The van der Waals surface area contributed by atoms with Gasteiger partial charge in [-0.3, -0.25) is 9.78 Å². The summed E-state index contributed by atoms with van der Waals surface area (Å²) < 4.78 is 6.13. The second-order valence-electron chi connectivity index (χ2n) is 6.31. The summed E-state index contributed by atoms with van der Waals surface area (Å²) in [4.78, 5) is 18.4. The largest absolute Gasteiger partial charge is 0.375 e. The summed E-state index contributed by atoms with van der Waals surface area (Å²) in [6.45, 7) is 5.54. The molecule has 120 valence electrons. The number of aromatic nitrogens is 1. The molecule has 5 nitrogen and oxygen atoms in total. The van der Waals surface area contributed by atoms with Crippen LogP contribution in [-0.2, 0) is 4.74 Å². The first kappa shape index (κ1) is 15.4. The molecule has 3 heterocycles. The van der Waals surface area contributed by atoms with Crippen molar-refractivity contribution < 1.29 is 9.53 Å². The lowest BCUT2D eigenvalue weighted by molar-refractivity contribution is -0.115. The van der Waals surface area contributed by atoms with Crippen molar-refractivity contribution in [3.63, 3.8) is 0 Å². The standard InChI is InChI=1S/C17H25N3O2/c1-2-19-15-5-12-22-17(13-15)6-10-20(11-7-17)16(21)14-3-8-18-9-4-14/h3-4,8-9,15,19H,2,5-7,10-13H2,1H3/t15-/m1/s1. The number of piperidine rings is 1. The van der Waals surface area contributed by atoms with E-state index in [9.17, 15) is 4.79 Å². The Bertz CT molecular complexity index is 496. The molecule has 0 aliphatic carbocycles. The molecule has 0 aromatic carbocycles. The number of likely N-dealkylation sites (tertiary alicyclic amines) is 1. The molecular weight excluding hydrogens is 278 g/mol. The molecule has 5 heteroatoms. The second kappa shape index (κ2) is 6.75. The van der Waals surface area contributed by atoms with Crippen LogP contribution in [0.25, 0.3) is 0 Å². The zero-order valence-corrected chi connectivity index (χ0v) is 13.3. The predicted molar refractivity (Wildman–Crippen MR) is 84.8 cm³/mol. The number of hydrogen-bond donors (Lipinski definition) is 1. The van der Waals surface area contributed by atoms with Crippen LogP contribution in [-0.4, -0.2) is 53.7 Å². The fourth-order valence-electron chi connectivity index (χ4n) is 3.63. The number of carbonyl (C=O) groups excluding carboxylic acids is 1. The van der Waals surface area contributed by atoms with Crippen molar-refractivity contribution in [2.24, 2.45) is 0 Å². The first-order chi connectivity index (χ1) is 10.7. The van der Waals surface area contributed by atoms with Crippen LogP contribution in [0.3, 0.4) is 0 Å². The Hall–Kier alpha value is -1.46. The van der Waals surface area contributed by atoms with Gasteiger partial charge >= 0.3 is 0 Å². The van der Waals surface area contributed by atoms with Crippen LogP contribution in [0, 0.1) is 0 Å². The topological polar surface area (TPSA) is 54.5 Å². The number of nitrogens with zero attached hydrogens (tertiary/aromatic N) is 2. The average molecular weight is 303 g/mol. The molecule has 1 aromatic rings. The van der Waals surface area contributed by atoms with Gasteiger partial charge in [-0.2, -0.15) is 0 Å². The van der Waals surface area contributed by atoms with Gasteiger partial charge in [-0.25, -0.2) is 0 Å². The molecule has 0 bridgehead atoms. The second-order valence-corrected chi connectivity index (χ2v) is 6.31. The zero-order valence-electron chi connectivity index (χ0n) is 13.3. The third kappa shape index (κ3) is 3.31. The quantitative estimate of drug-likeness (QED) is 0.926. The summed E-state index contributed by atoms with van der Waals surface area (Å²) >= 11 is 0. The van der Waals surface area contributed by atoms with Crippen LogP contribution in [0.5, 0.6) is 0 Å². The van der Waals surface area contributed by atoms with Gasteiger partial charge in [-0.05, 0) is 44.4 Å². The maximum atomic E-state index is 12.5. The fourth-order valence-corrected chi connectivity index (χ4v) is 3.63. The lowest BCUT2D eigenvalue weighted by atomic mass is 9.82. The highest BCUT2D eigenvalue weighted by molar-refractivity contribution is 5.94. The van der Waals surface area contributed by atoms with E-state index in [1.54, 1.807) is 24.5 Å². The Labute approximate surface area is 132 Å². The fraction of sp³-hybridized carbons (Fsp3) is 0.647. The molecule has 1 spiro atoms. The summed E-state index contributed by atoms with van der Waals surface area (Å²) in [6, 6.07) is 4.12. The SMILES string of the molecule is CCN[C@@H]1CCOC2(CCN(C(=O)c3ccncc3)CC2)C1. The number of pyridine rings is 1. The highest BCUT2D eigenvalue weighted by Crippen LogP contribution is 2.35. The molecule has 3 rings (SSSR count). The smallest absolute Gasteiger partial charge is 0.253 e. The number of rotatable bonds is 3. The van der Waals surface area contributed by atoms with Crippen LogP contribution in [0.1, 0.15) is 43.0 Å². The highest BCUT2D eigenvalue weighted by atomic mass is 16.5. The molecule has 0 saturated carbocycles. The summed E-state index contributed by atoms with van der Waals surface area (Å²) in [5, 5.41) is 3.55. The van der Waals surface area contributed by atoms with Gasteiger partial charge in [-0.15, -0.1) is 0 Å². The van der Waals surface area contributed by atoms with E-state index in [1.165, 1.54) is 0 Å². The molecule has 1 amide bonds. The third-order valence-corrected chi connectivity index (χ3v) is 4.87. The van der Waals surface area contributed by atoms with Crippen molar-refractivity contribution in [1.82, 2.24) is 15.2 Å². The zero-order chi connectivity index (χ0) is 15.4. The van der Waals surface area contributed by atoms with Crippen LogP contribution in [0.4, 0.5) is 0 Å². The number of carbonyl (C=O) groups is 1. The number of ether oxygens (including phenoxy) is 1. The summed E-state index contributed by atoms with van der Waals surface area (Å²) in [7, 11) is 0. The van der Waals surface area contributed by atoms with Crippen LogP contribution >= 0.6 is 0 Å². The molecule has 2 aliphatic rings. The Morgan fingerprint density at radius 1 is 1.41 bits per heavy atom. The van der Waals surface area contributed by atoms with E-state index in [-0.39, 0.29) is 11.5 Å². The van der Waals surface area contributed by atoms with Gasteiger partial charge in [0.1, 0.15) is 0 Å². The molecule has 1 N–H and O–H groups in total. The Morgan fingerprint density at radius 2 is 2.14 bits per heavy atom. The molecular formula is C17H25N3O2. The maximum Gasteiger partial charge on any atom is 0.253 e. The van der Waals surface area contributed by atoms with Gasteiger partial charge in [0, 0.05) is 43.7 Å². The number of nitrogens with one attached hydrogen (secondary N) is 1. The molecule has 22 heavy (non-hydrogen) atoms. The summed E-state index contributed by atoms with van der Waals surface area (Å²) in [5.41, 5.74) is 0.696. The predicted octanol–water partition coefficient (Wildman–Crippen LogP) is 1.84. The van der Waals surface area contributed by atoms with Gasteiger partial charge in [0.15, 0.2) is 0 Å². The average Bonchev–Trinajstić information content (AvgIpc) is 2.56. The van der Waals surface area contributed by atoms with E-state index >= 15 is 0 Å².